The molecule has 0 spiro atoms. The van der Waals surface area contributed by atoms with Crippen molar-refractivity contribution in [2.24, 2.45) is 0 Å². The number of aromatic nitrogens is 1. The summed E-state index contributed by atoms with van der Waals surface area (Å²) >= 11 is 1.39. The van der Waals surface area contributed by atoms with Gasteiger partial charge >= 0.3 is 12.2 Å². The third-order valence-corrected chi connectivity index (χ3v) is 5.87. The van der Waals surface area contributed by atoms with Crippen LogP contribution < -0.4 is 10.6 Å². The molecule has 0 atom stereocenters. The van der Waals surface area contributed by atoms with Crippen LogP contribution in [0, 0.1) is 0 Å². The molecular formula is C22H16F3N3O2S. The lowest BCUT2D eigenvalue weighted by molar-refractivity contribution is -0.137. The smallest absolute Gasteiger partial charge is 0.359 e. The Morgan fingerprint density at radius 2 is 1.71 bits per heavy atom. The average Bonchev–Trinajstić information content (AvgIpc) is 3.35. The van der Waals surface area contributed by atoms with Crippen molar-refractivity contribution in [3.05, 3.63) is 71.2 Å². The summed E-state index contributed by atoms with van der Waals surface area (Å²) in [5.41, 5.74) is 1.67. The van der Waals surface area contributed by atoms with Gasteiger partial charge in [0, 0.05) is 27.7 Å². The Labute approximate surface area is 178 Å². The minimum Gasteiger partial charge on any atom is -0.359 e. The lowest BCUT2D eigenvalue weighted by atomic mass is 10.1. The minimum atomic E-state index is -4.43. The van der Waals surface area contributed by atoms with Crippen LogP contribution in [0.25, 0.3) is 21.3 Å². The van der Waals surface area contributed by atoms with Gasteiger partial charge < -0.3 is 15.6 Å². The fraction of sp³-hybridized carbons (Fsp3) is 0.0909. The third-order valence-electron chi connectivity index (χ3n) is 4.64. The SMILES string of the molecule is CC(=O)c1ccc(-c2ccc3[nH]cc(NC(=O)Nc4ccc(C(F)(F)F)cc4)c3c2)s1. The molecule has 9 heteroatoms. The van der Waals surface area contributed by atoms with E-state index < -0.39 is 17.8 Å². The Morgan fingerprint density at radius 3 is 2.35 bits per heavy atom. The number of halogens is 3. The van der Waals surface area contributed by atoms with Crippen molar-refractivity contribution in [1.82, 2.24) is 4.98 Å². The van der Waals surface area contributed by atoms with Gasteiger partial charge in [-0.25, -0.2) is 4.79 Å². The van der Waals surface area contributed by atoms with Gasteiger partial charge in [-0.15, -0.1) is 11.3 Å². The van der Waals surface area contributed by atoms with Gasteiger partial charge in [-0.2, -0.15) is 13.2 Å². The first-order valence-corrected chi connectivity index (χ1v) is 10.00. The van der Waals surface area contributed by atoms with E-state index >= 15 is 0 Å². The predicted molar refractivity (Wildman–Crippen MR) is 116 cm³/mol. The van der Waals surface area contributed by atoms with Crippen LogP contribution in [-0.2, 0) is 6.18 Å². The zero-order valence-corrected chi connectivity index (χ0v) is 16.9. The summed E-state index contributed by atoms with van der Waals surface area (Å²) in [4.78, 5) is 28.5. The summed E-state index contributed by atoms with van der Waals surface area (Å²) < 4.78 is 38.0. The maximum atomic E-state index is 12.7. The lowest BCUT2D eigenvalue weighted by Crippen LogP contribution is -2.19. The molecule has 31 heavy (non-hydrogen) atoms. The fourth-order valence-electron chi connectivity index (χ4n) is 3.09. The number of urea groups is 1. The van der Waals surface area contributed by atoms with Gasteiger partial charge in [0.05, 0.1) is 16.1 Å². The Morgan fingerprint density at radius 1 is 0.968 bits per heavy atom. The van der Waals surface area contributed by atoms with E-state index in [2.05, 4.69) is 15.6 Å². The van der Waals surface area contributed by atoms with E-state index in [4.69, 9.17) is 0 Å². The number of thiophene rings is 1. The number of fused-ring (bicyclic) bond motifs is 1. The highest BCUT2D eigenvalue weighted by atomic mass is 32.1. The first-order chi connectivity index (χ1) is 14.7. The second-order valence-electron chi connectivity index (χ2n) is 6.84. The Hall–Kier alpha value is -3.59. The van der Waals surface area contributed by atoms with Crippen LogP contribution >= 0.6 is 11.3 Å². The number of nitrogens with one attached hydrogen (secondary N) is 3. The van der Waals surface area contributed by atoms with Crippen LogP contribution in [0.1, 0.15) is 22.2 Å². The molecule has 0 bridgehead atoms. The monoisotopic (exact) mass is 443 g/mol. The van der Waals surface area contributed by atoms with E-state index in [0.717, 1.165) is 33.5 Å². The van der Waals surface area contributed by atoms with E-state index in [9.17, 15) is 22.8 Å². The lowest BCUT2D eigenvalue weighted by Gasteiger charge is -2.09. The molecule has 0 saturated carbocycles. The molecule has 4 rings (SSSR count). The molecule has 0 fully saturated rings. The molecule has 2 heterocycles. The van der Waals surface area contributed by atoms with Crippen LogP contribution in [0.15, 0.2) is 60.8 Å². The van der Waals surface area contributed by atoms with Gasteiger partial charge in [-0.1, -0.05) is 6.07 Å². The van der Waals surface area contributed by atoms with Crippen molar-refractivity contribution < 1.29 is 22.8 Å². The number of anilines is 2. The summed E-state index contributed by atoms with van der Waals surface area (Å²) in [5, 5.41) is 5.99. The number of aromatic amines is 1. The molecule has 0 aliphatic heterocycles. The molecule has 0 aliphatic carbocycles. The normalized spacial score (nSPS) is 11.5. The van der Waals surface area contributed by atoms with Crippen LogP contribution in [-0.4, -0.2) is 16.8 Å². The van der Waals surface area contributed by atoms with Gasteiger partial charge in [0.25, 0.3) is 0 Å². The second kappa shape index (κ2) is 7.92. The molecule has 2 aromatic heterocycles. The largest absolute Gasteiger partial charge is 0.416 e. The van der Waals surface area contributed by atoms with E-state index in [0.29, 0.717) is 10.6 Å². The summed E-state index contributed by atoms with van der Waals surface area (Å²) in [7, 11) is 0. The number of benzene rings is 2. The summed E-state index contributed by atoms with van der Waals surface area (Å²) in [6, 6.07) is 13.0. The number of alkyl halides is 3. The molecule has 0 unspecified atom stereocenters. The molecule has 4 aromatic rings. The number of H-pyrrole nitrogens is 1. The number of carbonyl (C=O) groups is 2. The minimum absolute atomic E-state index is 0.00117. The van der Waals surface area contributed by atoms with Gasteiger partial charge in [0.15, 0.2) is 5.78 Å². The average molecular weight is 443 g/mol. The highest BCUT2D eigenvalue weighted by Gasteiger charge is 2.30. The summed E-state index contributed by atoms with van der Waals surface area (Å²) in [6.45, 7) is 1.52. The highest BCUT2D eigenvalue weighted by Crippen LogP contribution is 2.33. The number of amides is 2. The molecule has 5 nitrogen and oxygen atoms in total. The van der Waals surface area contributed by atoms with E-state index in [-0.39, 0.29) is 11.5 Å². The maximum Gasteiger partial charge on any atom is 0.416 e. The summed E-state index contributed by atoms with van der Waals surface area (Å²) in [5.74, 6) is 0.00117. The molecular weight excluding hydrogens is 427 g/mol. The molecule has 0 saturated heterocycles. The van der Waals surface area contributed by atoms with Crippen molar-refractivity contribution in [3.63, 3.8) is 0 Å². The first kappa shape index (κ1) is 20.7. The van der Waals surface area contributed by atoms with Crippen LogP contribution in [0.4, 0.5) is 29.3 Å². The van der Waals surface area contributed by atoms with Crippen LogP contribution in [0.5, 0.6) is 0 Å². The van der Waals surface area contributed by atoms with Crippen molar-refractivity contribution in [2.45, 2.75) is 13.1 Å². The Balaban J connectivity index is 1.52. The van der Waals surface area contributed by atoms with E-state index in [1.807, 2.05) is 24.3 Å². The van der Waals surface area contributed by atoms with Crippen molar-refractivity contribution in [1.29, 1.82) is 0 Å². The first-order valence-electron chi connectivity index (χ1n) is 9.18. The van der Waals surface area contributed by atoms with Gasteiger partial charge in [-0.3, -0.25) is 4.79 Å². The van der Waals surface area contributed by atoms with Crippen LogP contribution in [0.3, 0.4) is 0 Å². The molecule has 2 aromatic carbocycles. The third kappa shape index (κ3) is 4.46. The number of carbonyl (C=O) groups excluding carboxylic acids is 2. The molecule has 2 amide bonds. The number of ketones is 1. The zero-order valence-electron chi connectivity index (χ0n) is 16.1. The van der Waals surface area contributed by atoms with Crippen molar-refractivity contribution in [3.8, 4) is 10.4 Å². The van der Waals surface area contributed by atoms with E-state index in [1.54, 1.807) is 12.3 Å². The highest BCUT2D eigenvalue weighted by molar-refractivity contribution is 7.17. The van der Waals surface area contributed by atoms with Crippen molar-refractivity contribution >= 4 is 45.4 Å². The van der Waals surface area contributed by atoms with Gasteiger partial charge in [0.1, 0.15) is 0 Å². The fourth-order valence-corrected chi connectivity index (χ4v) is 3.98. The predicted octanol–water partition coefficient (Wildman–Crippen LogP) is 6.76. The number of rotatable bonds is 4. The Bertz CT molecular complexity index is 1270. The number of hydrogen-bond acceptors (Lipinski definition) is 3. The number of hydrogen-bond donors (Lipinski definition) is 3. The Kier molecular flexibility index (Phi) is 5.28. The van der Waals surface area contributed by atoms with Crippen molar-refractivity contribution in [2.75, 3.05) is 10.6 Å². The maximum absolute atomic E-state index is 12.7. The standard InChI is InChI=1S/C22H16F3N3O2S/c1-12(29)19-8-9-20(31-19)13-2-7-17-16(10-13)18(11-26-17)28-21(30)27-15-5-3-14(4-6-15)22(23,24)25/h2-11,26H,1H3,(H2,27,28,30). The number of Topliss-reactive ketones (excluding diaryl/α,β-unsaturated/α-hetero) is 1. The topological polar surface area (TPSA) is 74.0 Å². The second-order valence-corrected chi connectivity index (χ2v) is 7.92. The van der Waals surface area contributed by atoms with Crippen LogP contribution in [0.2, 0.25) is 0 Å². The molecule has 0 radical (unpaired) electrons. The molecule has 0 aliphatic rings. The molecule has 158 valence electrons. The zero-order chi connectivity index (χ0) is 22.2. The van der Waals surface area contributed by atoms with E-state index in [1.165, 1.54) is 30.4 Å². The van der Waals surface area contributed by atoms with Gasteiger partial charge in [-0.05, 0) is 61.0 Å². The quantitative estimate of drug-likeness (QED) is 0.305. The van der Waals surface area contributed by atoms with Gasteiger partial charge in [0.2, 0.25) is 0 Å². The summed E-state index contributed by atoms with van der Waals surface area (Å²) in [6.07, 6.45) is -2.80. The molecule has 3 N–H and O–H groups in total.